The van der Waals surface area contributed by atoms with E-state index < -0.39 is 17.6 Å². The number of nitrogens with one attached hydrogen (secondary N) is 1. The van der Waals surface area contributed by atoms with Gasteiger partial charge in [-0.3, -0.25) is 4.79 Å². The van der Waals surface area contributed by atoms with Crippen molar-refractivity contribution in [3.05, 3.63) is 53.1 Å². The number of anilines is 2. The standard InChI is InChI=1S/C21H18ClF3N4O2S/c22-15-6-2-1-5-14(15)19-27-28-20(31-19)32-12-18(30)26-16-8-7-13(21(23,24)25)11-17(16)29-9-3-4-10-29/h1-2,5-8,11H,3-4,9-10,12H2,(H,26,30). The Kier molecular flexibility index (Phi) is 6.61. The minimum absolute atomic E-state index is 0.0510. The molecule has 168 valence electrons. The lowest BCUT2D eigenvalue weighted by molar-refractivity contribution is -0.137. The Morgan fingerprint density at radius 2 is 1.91 bits per heavy atom. The highest BCUT2D eigenvalue weighted by molar-refractivity contribution is 7.99. The second kappa shape index (κ2) is 9.41. The number of amides is 1. The fourth-order valence-corrected chi connectivity index (χ4v) is 4.14. The van der Waals surface area contributed by atoms with Gasteiger partial charge in [0.15, 0.2) is 0 Å². The molecule has 0 spiro atoms. The first-order valence-corrected chi connectivity index (χ1v) is 11.1. The molecule has 3 aromatic rings. The smallest absolute Gasteiger partial charge is 0.411 e. The molecule has 1 fully saturated rings. The first-order chi connectivity index (χ1) is 15.3. The Bertz CT molecular complexity index is 1120. The zero-order valence-electron chi connectivity index (χ0n) is 16.7. The largest absolute Gasteiger partial charge is 0.416 e. The zero-order valence-corrected chi connectivity index (χ0v) is 18.2. The molecule has 0 radical (unpaired) electrons. The highest BCUT2D eigenvalue weighted by Gasteiger charge is 2.32. The van der Waals surface area contributed by atoms with E-state index in [1.165, 1.54) is 6.07 Å². The molecule has 1 amide bonds. The van der Waals surface area contributed by atoms with Gasteiger partial charge in [-0.25, -0.2) is 0 Å². The average molecular weight is 483 g/mol. The van der Waals surface area contributed by atoms with E-state index in [0.717, 1.165) is 36.7 Å². The fourth-order valence-electron chi connectivity index (χ4n) is 3.36. The number of carbonyl (C=O) groups excluding carboxylic acids is 1. The van der Waals surface area contributed by atoms with Crippen LogP contribution in [0.2, 0.25) is 5.02 Å². The number of rotatable bonds is 6. The molecule has 0 atom stereocenters. The number of aromatic nitrogens is 2. The monoisotopic (exact) mass is 482 g/mol. The molecule has 6 nitrogen and oxygen atoms in total. The number of hydrogen-bond acceptors (Lipinski definition) is 6. The predicted molar refractivity (Wildman–Crippen MR) is 117 cm³/mol. The first kappa shape index (κ1) is 22.5. The van der Waals surface area contributed by atoms with Crippen molar-refractivity contribution in [1.82, 2.24) is 10.2 Å². The van der Waals surface area contributed by atoms with Crippen molar-refractivity contribution in [2.75, 3.05) is 29.1 Å². The molecule has 4 rings (SSSR count). The van der Waals surface area contributed by atoms with Crippen LogP contribution >= 0.6 is 23.4 Å². The minimum Gasteiger partial charge on any atom is -0.411 e. The number of carbonyl (C=O) groups is 1. The summed E-state index contributed by atoms with van der Waals surface area (Å²) in [5.74, 6) is -0.213. The van der Waals surface area contributed by atoms with Crippen molar-refractivity contribution in [3.63, 3.8) is 0 Å². The van der Waals surface area contributed by atoms with E-state index in [9.17, 15) is 18.0 Å². The van der Waals surface area contributed by atoms with Crippen LogP contribution in [0.1, 0.15) is 18.4 Å². The van der Waals surface area contributed by atoms with E-state index >= 15 is 0 Å². The molecule has 0 bridgehead atoms. The van der Waals surface area contributed by atoms with Crippen LogP contribution in [-0.4, -0.2) is 34.9 Å². The maximum Gasteiger partial charge on any atom is 0.416 e. The first-order valence-electron chi connectivity index (χ1n) is 9.78. The molecular weight excluding hydrogens is 465 g/mol. The van der Waals surface area contributed by atoms with Crippen molar-refractivity contribution < 1.29 is 22.4 Å². The molecule has 32 heavy (non-hydrogen) atoms. The van der Waals surface area contributed by atoms with Crippen molar-refractivity contribution >= 4 is 40.6 Å². The SMILES string of the molecule is O=C(CSc1nnc(-c2ccccc2Cl)o1)Nc1ccc(C(F)(F)F)cc1N1CCCC1. The Labute approximate surface area is 191 Å². The molecule has 1 aliphatic heterocycles. The molecule has 1 N–H and O–H groups in total. The van der Waals surface area contributed by atoms with Crippen LogP contribution in [0.5, 0.6) is 0 Å². The van der Waals surface area contributed by atoms with Gasteiger partial charge in [0.25, 0.3) is 5.22 Å². The van der Waals surface area contributed by atoms with Gasteiger partial charge in [-0.1, -0.05) is 35.5 Å². The number of halogens is 4. The third kappa shape index (κ3) is 5.18. The predicted octanol–water partition coefficient (Wildman–Crippen LogP) is 5.74. The van der Waals surface area contributed by atoms with Crippen LogP contribution in [-0.2, 0) is 11.0 Å². The lowest BCUT2D eigenvalue weighted by Gasteiger charge is -2.23. The number of thioether (sulfide) groups is 1. The van der Waals surface area contributed by atoms with Gasteiger partial charge in [0.2, 0.25) is 11.8 Å². The summed E-state index contributed by atoms with van der Waals surface area (Å²) >= 11 is 7.15. The highest BCUT2D eigenvalue weighted by Crippen LogP contribution is 2.37. The fraction of sp³-hybridized carbons (Fsp3) is 0.286. The summed E-state index contributed by atoms with van der Waals surface area (Å²) in [7, 11) is 0. The summed E-state index contributed by atoms with van der Waals surface area (Å²) < 4.78 is 45.1. The van der Waals surface area contributed by atoms with Gasteiger partial charge in [-0.05, 0) is 43.2 Å². The maximum absolute atomic E-state index is 13.2. The van der Waals surface area contributed by atoms with Gasteiger partial charge in [-0.2, -0.15) is 13.2 Å². The van der Waals surface area contributed by atoms with E-state index in [2.05, 4.69) is 15.5 Å². The summed E-state index contributed by atoms with van der Waals surface area (Å²) in [6.45, 7) is 1.29. The summed E-state index contributed by atoms with van der Waals surface area (Å²) in [5.41, 5.74) is 0.546. The van der Waals surface area contributed by atoms with E-state index in [0.29, 0.717) is 35.1 Å². The molecule has 1 saturated heterocycles. The molecular formula is C21H18ClF3N4O2S. The average Bonchev–Trinajstić information content (AvgIpc) is 3.44. The third-order valence-corrected chi connectivity index (χ3v) is 6.03. The molecule has 2 heterocycles. The van der Waals surface area contributed by atoms with Crippen LogP contribution in [0.15, 0.2) is 52.1 Å². The van der Waals surface area contributed by atoms with Crippen molar-refractivity contribution in [2.45, 2.75) is 24.2 Å². The zero-order chi connectivity index (χ0) is 22.7. The molecule has 0 saturated carbocycles. The van der Waals surface area contributed by atoms with Gasteiger partial charge in [0, 0.05) is 13.1 Å². The van der Waals surface area contributed by atoms with E-state index in [4.69, 9.17) is 16.0 Å². The second-order valence-corrected chi connectivity index (χ2v) is 8.45. The van der Waals surface area contributed by atoms with Crippen LogP contribution < -0.4 is 10.2 Å². The van der Waals surface area contributed by atoms with Crippen LogP contribution in [0.4, 0.5) is 24.5 Å². The maximum atomic E-state index is 13.2. The van der Waals surface area contributed by atoms with Crippen LogP contribution in [0, 0.1) is 0 Å². The topological polar surface area (TPSA) is 71.3 Å². The van der Waals surface area contributed by atoms with Gasteiger partial charge in [0.05, 0.1) is 33.3 Å². The van der Waals surface area contributed by atoms with Gasteiger partial charge in [0.1, 0.15) is 0 Å². The van der Waals surface area contributed by atoms with E-state index in [1.54, 1.807) is 24.3 Å². The number of nitrogens with zero attached hydrogens (tertiary/aromatic N) is 3. The van der Waals surface area contributed by atoms with Crippen LogP contribution in [0.3, 0.4) is 0 Å². The Morgan fingerprint density at radius 1 is 1.16 bits per heavy atom. The second-order valence-electron chi connectivity index (χ2n) is 7.11. The number of alkyl halides is 3. The summed E-state index contributed by atoms with van der Waals surface area (Å²) in [5, 5.41) is 11.2. The van der Waals surface area contributed by atoms with Gasteiger partial charge >= 0.3 is 6.18 Å². The van der Waals surface area contributed by atoms with Gasteiger partial charge in [-0.15, -0.1) is 10.2 Å². The van der Waals surface area contributed by atoms with Gasteiger partial charge < -0.3 is 14.6 Å². The van der Waals surface area contributed by atoms with Crippen molar-refractivity contribution in [2.24, 2.45) is 0 Å². The van der Waals surface area contributed by atoms with Crippen LogP contribution in [0.25, 0.3) is 11.5 Å². The van der Waals surface area contributed by atoms with Crippen molar-refractivity contribution in [3.8, 4) is 11.5 Å². The lowest BCUT2D eigenvalue weighted by atomic mass is 10.1. The highest BCUT2D eigenvalue weighted by atomic mass is 35.5. The third-order valence-electron chi connectivity index (χ3n) is 4.88. The van der Waals surface area contributed by atoms with Crippen molar-refractivity contribution in [1.29, 1.82) is 0 Å². The normalized spacial score (nSPS) is 14.1. The molecule has 1 aromatic heterocycles. The molecule has 11 heteroatoms. The lowest BCUT2D eigenvalue weighted by Crippen LogP contribution is -2.22. The number of hydrogen-bond donors (Lipinski definition) is 1. The summed E-state index contributed by atoms with van der Waals surface area (Å²) in [6, 6.07) is 10.3. The Hall–Kier alpha value is -2.72. The summed E-state index contributed by atoms with van der Waals surface area (Å²) in [4.78, 5) is 14.3. The molecule has 1 aliphatic rings. The molecule has 0 aliphatic carbocycles. The van der Waals surface area contributed by atoms with E-state index in [-0.39, 0.29) is 16.9 Å². The molecule has 0 unspecified atom stereocenters. The summed E-state index contributed by atoms with van der Waals surface area (Å²) in [6.07, 6.45) is -2.67. The quantitative estimate of drug-likeness (QED) is 0.452. The minimum atomic E-state index is -4.45. The Morgan fingerprint density at radius 3 is 2.62 bits per heavy atom. The van der Waals surface area contributed by atoms with E-state index in [1.807, 2.05) is 4.90 Å². The Balaban J connectivity index is 1.44. The number of benzene rings is 2. The molecule has 2 aromatic carbocycles.